The van der Waals surface area contributed by atoms with Crippen LogP contribution in [0, 0.1) is 17.7 Å². The molecule has 1 saturated carbocycles. The van der Waals surface area contributed by atoms with Gasteiger partial charge in [0.15, 0.2) is 0 Å². The Bertz CT molecular complexity index is 862. The zero-order valence-electron chi connectivity index (χ0n) is 14.7. The van der Waals surface area contributed by atoms with Crippen molar-refractivity contribution in [1.82, 2.24) is 15.1 Å². The van der Waals surface area contributed by atoms with E-state index in [2.05, 4.69) is 10.2 Å². The summed E-state index contributed by atoms with van der Waals surface area (Å²) in [5.41, 5.74) is 0.149. The van der Waals surface area contributed by atoms with Crippen molar-refractivity contribution in [2.24, 2.45) is 11.8 Å². The zero-order chi connectivity index (χ0) is 19.0. The second kappa shape index (κ2) is 7.19. The van der Waals surface area contributed by atoms with Gasteiger partial charge in [-0.25, -0.2) is 4.39 Å². The topological polar surface area (TPSA) is 98.4 Å². The Morgan fingerprint density at radius 1 is 1.22 bits per heavy atom. The van der Waals surface area contributed by atoms with Crippen molar-refractivity contribution in [3.05, 3.63) is 52.2 Å². The lowest BCUT2D eigenvalue weighted by Gasteiger charge is -2.35. The largest absolute Gasteiger partial charge is 0.488 e. The lowest BCUT2D eigenvalue weighted by atomic mass is 9.78. The molecule has 0 bridgehead atoms. The van der Waals surface area contributed by atoms with E-state index >= 15 is 0 Å². The lowest BCUT2D eigenvalue weighted by Crippen LogP contribution is -2.42. The average Bonchev–Trinajstić information content (AvgIpc) is 3.23. The Morgan fingerprint density at radius 2 is 1.93 bits per heavy atom. The van der Waals surface area contributed by atoms with E-state index in [-0.39, 0.29) is 41.6 Å². The quantitative estimate of drug-likeness (QED) is 0.744. The molecule has 1 aromatic heterocycles. The number of carbonyl (C=O) groups excluding carboxylic acids is 1. The van der Waals surface area contributed by atoms with Gasteiger partial charge in [-0.2, -0.15) is 0 Å². The SMILES string of the molecule is O=C(Cc1c[nH][nH]c1=O)N1C[C@H]2C[C@@H](Oc3ccc(F)cc3)[C@H](O)C[C@H]2C1. The third kappa shape index (κ3) is 3.75. The molecule has 7 nitrogen and oxygen atoms in total. The summed E-state index contributed by atoms with van der Waals surface area (Å²) in [5, 5.41) is 15.5. The third-order valence-electron chi connectivity index (χ3n) is 5.60. The number of aromatic amines is 2. The molecule has 1 amide bonds. The molecule has 1 aliphatic heterocycles. The van der Waals surface area contributed by atoms with Crippen LogP contribution in [-0.4, -0.2) is 51.4 Å². The molecular formula is C19H22FN3O4. The van der Waals surface area contributed by atoms with Gasteiger partial charge in [-0.1, -0.05) is 0 Å². The summed E-state index contributed by atoms with van der Waals surface area (Å²) in [4.78, 5) is 25.9. The highest BCUT2D eigenvalue weighted by Gasteiger charge is 2.43. The first kappa shape index (κ1) is 17.8. The van der Waals surface area contributed by atoms with Crippen LogP contribution in [-0.2, 0) is 11.2 Å². The van der Waals surface area contributed by atoms with Gasteiger partial charge in [-0.15, -0.1) is 0 Å². The van der Waals surface area contributed by atoms with Gasteiger partial charge in [-0.05, 0) is 48.9 Å². The van der Waals surface area contributed by atoms with Gasteiger partial charge in [0, 0.05) is 24.8 Å². The number of nitrogens with zero attached hydrogens (tertiary/aromatic N) is 1. The van der Waals surface area contributed by atoms with Crippen LogP contribution in [0.1, 0.15) is 18.4 Å². The fourth-order valence-corrected chi connectivity index (χ4v) is 4.15. The number of benzene rings is 1. The van der Waals surface area contributed by atoms with Crippen molar-refractivity contribution in [3.63, 3.8) is 0 Å². The number of nitrogens with one attached hydrogen (secondary N) is 2. The minimum absolute atomic E-state index is 0.0658. The Morgan fingerprint density at radius 3 is 2.59 bits per heavy atom. The van der Waals surface area contributed by atoms with Gasteiger partial charge in [-0.3, -0.25) is 14.7 Å². The number of aliphatic hydroxyl groups excluding tert-OH is 1. The summed E-state index contributed by atoms with van der Waals surface area (Å²) in [5.74, 6) is 0.572. The number of hydrogen-bond acceptors (Lipinski definition) is 4. The standard InChI is InChI=1S/C19H22FN3O4/c20-14-1-3-15(4-2-14)27-17-6-13-10-23(9-12(13)5-16(17)24)18(25)7-11-8-21-22-19(11)26/h1-4,8,12-13,16-17,24H,5-7,9-10H2,(H2,21,22,26)/t12-,13+,16+,17+/m0/s1. The third-order valence-corrected chi connectivity index (χ3v) is 5.60. The van der Waals surface area contributed by atoms with Crippen molar-refractivity contribution in [2.75, 3.05) is 13.1 Å². The van der Waals surface area contributed by atoms with Crippen LogP contribution in [0.4, 0.5) is 4.39 Å². The summed E-state index contributed by atoms with van der Waals surface area (Å²) in [6, 6.07) is 5.75. The maximum Gasteiger partial charge on any atom is 0.267 e. The first-order valence-electron chi connectivity index (χ1n) is 9.12. The molecule has 2 fully saturated rings. The summed E-state index contributed by atoms with van der Waals surface area (Å²) in [7, 11) is 0. The van der Waals surface area contributed by atoms with E-state index in [9.17, 15) is 19.1 Å². The summed E-state index contributed by atoms with van der Waals surface area (Å²) in [6.07, 6.45) is 1.77. The molecular weight excluding hydrogens is 353 g/mol. The van der Waals surface area contributed by atoms with Crippen molar-refractivity contribution in [2.45, 2.75) is 31.5 Å². The van der Waals surface area contributed by atoms with E-state index in [1.807, 2.05) is 0 Å². The number of rotatable bonds is 4. The molecule has 3 N–H and O–H groups in total. The number of likely N-dealkylation sites (tertiary alicyclic amines) is 1. The van der Waals surface area contributed by atoms with Gasteiger partial charge in [0.1, 0.15) is 17.7 Å². The molecule has 1 aliphatic carbocycles. The van der Waals surface area contributed by atoms with Crippen LogP contribution in [0.3, 0.4) is 0 Å². The van der Waals surface area contributed by atoms with E-state index in [0.29, 0.717) is 37.2 Å². The summed E-state index contributed by atoms with van der Waals surface area (Å²) < 4.78 is 18.9. The molecule has 4 rings (SSSR count). The average molecular weight is 375 g/mol. The zero-order valence-corrected chi connectivity index (χ0v) is 14.7. The molecule has 2 aromatic rings. The highest BCUT2D eigenvalue weighted by molar-refractivity contribution is 5.79. The number of amides is 1. The van der Waals surface area contributed by atoms with Gasteiger partial charge >= 0.3 is 0 Å². The molecule has 2 aliphatic rings. The minimum atomic E-state index is -0.626. The number of H-pyrrole nitrogens is 2. The van der Waals surface area contributed by atoms with Crippen LogP contribution in [0.15, 0.2) is 35.3 Å². The highest BCUT2D eigenvalue weighted by Crippen LogP contribution is 2.38. The second-order valence-electron chi connectivity index (χ2n) is 7.41. The van der Waals surface area contributed by atoms with Crippen LogP contribution in [0.2, 0.25) is 0 Å². The first-order valence-corrected chi connectivity index (χ1v) is 9.12. The predicted molar refractivity (Wildman–Crippen MR) is 94.7 cm³/mol. The molecule has 2 heterocycles. The van der Waals surface area contributed by atoms with Crippen LogP contribution in [0.5, 0.6) is 5.75 Å². The summed E-state index contributed by atoms with van der Waals surface area (Å²) >= 11 is 0. The van der Waals surface area contributed by atoms with Gasteiger partial charge in [0.05, 0.1) is 12.5 Å². The van der Waals surface area contributed by atoms with Crippen molar-refractivity contribution < 1.29 is 19.0 Å². The number of aliphatic hydroxyl groups is 1. The normalized spacial score (nSPS) is 27.4. The van der Waals surface area contributed by atoms with E-state index in [1.165, 1.54) is 18.3 Å². The van der Waals surface area contributed by atoms with Crippen molar-refractivity contribution in [3.8, 4) is 5.75 Å². The van der Waals surface area contributed by atoms with Crippen LogP contribution < -0.4 is 10.3 Å². The Labute approximate surface area is 155 Å². The highest BCUT2D eigenvalue weighted by atomic mass is 19.1. The number of ether oxygens (including phenoxy) is 1. The second-order valence-corrected chi connectivity index (χ2v) is 7.41. The van der Waals surface area contributed by atoms with Crippen LogP contribution in [0.25, 0.3) is 0 Å². The fraction of sp³-hybridized carbons (Fsp3) is 0.474. The molecule has 1 saturated heterocycles. The number of aromatic nitrogens is 2. The molecule has 0 radical (unpaired) electrons. The molecule has 1 aromatic carbocycles. The Balaban J connectivity index is 1.38. The molecule has 27 heavy (non-hydrogen) atoms. The van der Waals surface area contributed by atoms with E-state index in [0.717, 1.165) is 0 Å². The predicted octanol–water partition coefficient (Wildman–Crippen LogP) is 1.06. The number of fused-ring (bicyclic) bond motifs is 1. The molecule has 144 valence electrons. The first-order chi connectivity index (χ1) is 13.0. The number of carbonyl (C=O) groups is 1. The van der Waals surface area contributed by atoms with E-state index in [1.54, 1.807) is 17.0 Å². The maximum absolute atomic E-state index is 13.0. The van der Waals surface area contributed by atoms with Crippen molar-refractivity contribution in [1.29, 1.82) is 0 Å². The minimum Gasteiger partial charge on any atom is -0.488 e. The maximum atomic E-state index is 13.0. The lowest BCUT2D eigenvalue weighted by molar-refractivity contribution is -0.129. The van der Waals surface area contributed by atoms with Gasteiger partial charge in [0.2, 0.25) is 5.91 Å². The number of halogens is 1. The van der Waals surface area contributed by atoms with Crippen molar-refractivity contribution >= 4 is 5.91 Å². The molecule has 4 atom stereocenters. The molecule has 0 spiro atoms. The summed E-state index contributed by atoms with van der Waals surface area (Å²) in [6.45, 7) is 1.19. The van der Waals surface area contributed by atoms with E-state index in [4.69, 9.17) is 4.74 Å². The van der Waals surface area contributed by atoms with E-state index < -0.39 is 6.10 Å². The van der Waals surface area contributed by atoms with Gasteiger partial charge in [0.25, 0.3) is 5.56 Å². The monoisotopic (exact) mass is 375 g/mol. The Kier molecular flexibility index (Phi) is 4.73. The number of hydrogen-bond donors (Lipinski definition) is 3. The molecule has 8 heteroatoms. The Hall–Kier alpha value is -2.61. The molecule has 0 unspecified atom stereocenters. The smallest absolute Gasteiger partial charge is 0.267 e. The fourth-order valence-electron chi connectivity index (χ4n) is 4.15. The van der Waals surface area contributed by atoms with Gasteiger partial charge < -0.3 is 19.8 Å². The van der Waals surface area contributed by atoms with Crippen LogP contribution >= 0.6 is 0 Å².